The Balaban J connectivity index is 2.74. The summed E-state index contributed by atoms with van der Waals surface area (Å²) in [6, 6.07) is 2.46. The lowest BCUT2D eigenvalue weighted by molar-refractivity contribution is -0.115. The lowest BCUT2D eigenvalue weighted by Gasteiger charge is -2.20. The molecule has 0 aromatic heterocycles. The predicted octanol–water partition coefficient (Wildman–Crippen LogP) is 2.60. The number of halogens is 2. The van der Waals surface area contributed by atoms with Gasteiger partial charge in [-0.05, 0) is 39.3 Å². The quantitative estimate of drug-likeness (QED) is 0.872. The number of anilines is 1. The molecule has 0 aliphatic heterocycles. The molecule has 0 unspecified atom stereocenters. The molecule has 0 aliphatic rings. The molecule has 0 radical (unpaired) electrons. The van der Waals surface area contributed by atoms with Crippen LogP contribution < -0.4 is 10.6 Å². The Kier molecular flexibility index (Phi) is 4.40. The smallest absolute Gasteiger partial charge is 0.238 e. The van der Waals surface area contributed by atoms with Crippen LogP contribution in [0.15, 0.2) is 12.1 Å². The van der Waals surface area contributed by atoms with Crippen molar-refractivity contribution in [2.24, 2.45) is 0 Å². The van der Waals surface area contributed by atoms with Crippen molar-refractivity contribution in [2.45, 2.75) is 33.2 Å². The van der Waals surface area contributed by atoms with Crippen LogP contribution in [0.2, 0.25) is 0 Å². The maximum absolute atomic E-state index is 13.6. The fraction of sp³-hybridized carbons (Fsp3) is 0.462. The van der Waals surface area contributed by atoms with Gasteiger partial charge < -0.3 is 10.6 Å². The highest BCUT2D eigenvalue weighted by Gasteiger charge is 2.16. The number of benzene rings is 1. The Bertz CT molecular complexity index is 453. The Morgan fingerprint density at radius 2 is 1.89 bits per heavy atom. The minimum Gasteiger partial charge on any atom is -0.320 e. The summed E-state index contributed by atoms with van der Waals surface area (Å²) in [5, 5.41) is 5.18. The number of nitrogens with one attached hydrogen (secondary N) is 2. The molecule has 1 amide bonds. The summed E-state index contributed by atoms with van der Waals surface area (Å²) in [6.45, 7) is 7.20. The number of rotatable bonds is 3. The van der Waals surface area contributed by atoms with Crippen molar-refractivity contribution in [1.29, 1.82) is 0 Å². The molecule has 1 aromatic rings. The summed E-state index contributed by atoms with van der Waals surface area (Å²) in [5.74, 6) is -1.99. The van der Waals surface area contributed by atoms with Gasteiger partial charge in [0.2, 0.25) is 5.91 Å². The average molecular weight is 256 g/mol. The third kappa shape index (κ3) is 4.07. The third-order valence-electron chi connectivity index (χ3n) is 2.33. The zero-order valence-corrected chi connectivity index (χ0v) is 11.0. The van der Waals surface area contributed by atoms with Crippen molar-refractivity contribution in [2.75, 3.05) is 11.9 Å². The molecular weight excluding hydrogens is 238 g/mol. The molecular formula is C13H18F2N2O. The largest absolute Gasteiger partial charge is 0.320 e. The van der Waals surface area contributed by atoms with E-state index in [1.54, 1.807) is 0 Å². The number of amides is 1. The van der Waals surface area contributed by atoms with Gasteiger partial charge in [0.1, 0.15) is 11.5 Å². The van der Waals surface area contributed by atoms with E-state index in [0.29, 0.717) is 0 Å². The zero-order valence-electron chi connectivity index (χ0n) is 11.0. The van der Waals surface area contributed by atoms with Gasteiger partial charge in [-0.1, -0.05) is 6.07 Å². The van der Waals surface area contributed by atoms with Gasteiger partial charge in [-0.25, -0.2) is 8.78 Å². The average Bonchev–Trinajstić information content (AvgIpc) is 2.26. The number of carbonyl (C=O) groups excluding carboxylic acids is 1. The van der Waals surface area contributed by atoms with E-state index in [1.807, 2.05) is 20.8 Å². The van der Waals surface area contributed by atoms with Gasteiger partial charge in [0.15, 0.2) is 5.82 Å². The van der Waals surface area contributed by atoms with Crippen LogP contribution >= 0.6 is 0 Å². The normalized spacial score (nSPS) is 11.4. The van der Waals surface area contributed by atoms with E-state index in [4.69, 9.17) is 0 Å². The molecule has 100 valence electrons. The van der Waals surface area contributed by atoms with Crippen LogP contribution in [0.1, 0.15) is 26.3 Å². The van der Waals surface area contributed by atoms with Crippen LogP contribution in [0, 0.1) is 18.6 Å². The molecule has 0 bridgehead atoms. The van der Waals surface area contributed by atoms with Crippen LogP contribution in [-0.2, 0) is 4.79 Å². The second kappa shape index (κ2) is 5.44. The monoisotopic (exact) mass is 256 g/mol. The predicted molar refractivity (Wildman–Crippen MR) is 67.5 cm³/mol. The molecule has 5 heteroatoms. The molecule has 1 rings (SSSR count). The Hall–Kier alpha value is -1.49. The Morgan fingerprint density at radius 1 is 1.28 bits per heavy atom. The molecule has 0 aliphatic carbocycles. The van der Waals surface area contributed by atoms with E-state index in [0.717, 1.165) is 6.07 Å². The first kappa shape index (κ1) is 14.6. The molecule has 2 N–H and O–H groups in total. The number of carbonyl (C=O) groups is 1. The van der Waals surface area contributed by atoms with Crippen molar-refractivity contribution < 1.29 is 13.6 Å². The van der Waals surface area contributed by atoms with E-state index in [-0.39, 0.29) is 17.6 Å². The Morgan fingerprint density at radius 3 is 2.44 bits per heavy atom. The summed E-state index contributed by atoms with van der Waals surface area (Å²) in [7, 11) is 0. The van der Waals surface area contributed by atoms with Gasteiger partial charge in [-0.3, -0.25) is 4.79 Å². The SMILES string of the molecule is Cc1ccc(F)c(NC(=O)CNC(C)(C)C)c1F. The van der Waals surface area contributed by atoms with Crippen molar-refractivity contribution in [3.05, 3.63) is 29.3 Å². The first-order valence-corrected chi connectivity index (χ1v) is 5.70. The number of hydrogen-bond acceptors (Lipinski definition) is 2. The standard InChI is InChI=1S/C13H18F2N2O/c1-8-5-6-9(14)12(11(8)15)17-10(18)7-16-13(2,3)4/h5-6,16H,7H2,1-4H3,(H,17,18). The molecule has 0 saturated carbocycles. The fourth-order valence-corrected chi connectivity index (χ4v) is 1.30. The van der Waals surface area contributed by atoms with Crippen LogP contribution in [0.5, 0.6) is 0 Å². The maximum Gasteiger partial charge on any atom is 0.238 e. The van der Waals surface area contributed by atoms with Crippen LogP contribution in [0.4, 0.5) is 14.5 Å². The molecule has 0 spiro atoms. The summed E-state index contributed by atoms with van der Waals surface area (Å²) in [4.78, 5) is 11.6. The Labute approximate surface area is 106 Å². The van der Waals surface area contributed by atoms with Crippen LogP contribution in [0.3, 0.4) is 0 Å². The highest BCUT2D eigenvalue weighted by atomic mass is 19.1. The third-order valence-corrected chi connectivity index (χ3v) is 2.33. The van der Waals surface area contributed by atoms with Gasteiger partial charge in [0.05, 0.1) is 6.54 Å². The van der Waals surface area contributed by atoms with Gasteiger partial charge in [0, 0.05) is 5.54 Å². The van der Waals surface area contributed by atoms with E-state index in [2.05, 4.69) is 10.6 Å². The molecule has 0 saturated heterocycles. The minimum atomic E-state index is -0.776. The van der Waals surface area contributed by atoms with Crippen molar-refractivity contribution in [3.63, 3.8) is 0 Å². The first-order chi connectivity index (χ1) is 8.20. The molecule has 1 aromatic carbocycles. The summed E-state index contributed by atoms with van der Waals surface area (Å²) < 4.78 is 27.0. The van der Waals surface area contributed by atoms with Gasteiger partial charge in [0.25, 0.3) is 0 Å². The van der Waals surface area contributed by atoms with Gasteiger partial charge >= 0.3 is 0 Å². The van der Waals surface area contributed by atoms with Crippen LogP contribution in [-0.4, -0.2) is 18.0 Å². The molecule has 0 fully saturated rings. The molecule has 0 heterocycles. The second-order valence-electron chi connectivity index (χ2n) is 5.20. The fourth-order valence-electron chi connectivity index (χ4n) is 1.30. The second-order valence-corrected chi connectivity index (χ2v) is 5.20. The molecule has 0 atom stereocenters. The summed E-state index contributed by atoms with van der Waals surface area (Å²) in [5.41, 5.74) is -0.340. The zero-order chi connectivity index (χ0) is 13.9. The topological polar surface area (TPSA) is 41.1 Å². The van der Waals surface area contributed by atoms with E-state index in [1.165, 1.54) is 13.0 Å². The molecule has 18 heavy (non-hydrogen) atoms. The summed E-state index contributed by atoms with van der Waals surface area (Å²) in [6.07, 6.45) is 0. The van der Waals surface area contributed by atoms with E-state index >= 15 is 0 Å². The van der Waals surface area contributed by atoms with Gasteiger partial charge in [-0.2, -0.15) is 0 Å². The van der Waals surface area contributed by atoms with Crippen LogP contribution in [0.25, 0.3) is 0 Å². The van der Waals surface area contributed by atoms with Crippen molar-refractivity contribution in [3.8, 4) is 0 Å². The first-order valence-electron chi connectivity index (χ1n) is 5.70. The minimum absolute atomic E-state index is 0.00365. The van der Waals surface area contributed by atoms with Crippen molar-refractivity contribution in [1.82, 2.24) is 5.32 Å². The highest BCUT2D eigenvalue weighted by Crippen LogP contribution is 2.21. The maximum atomic E-state index is 13.6. The number of aryl methyl sites for hydroxylation is 1. The van der Waals surface area contributed by atoms with E-state index in [9.17, 15) is 13.6 Å². The van der Waals surface area contributed by atoms with Gasteiger partial charge in [-0.15, -0.1) is 0 Å². The highest BCUT2D eigenvalue weighted by molar-refractivity contribution is 5.92. The summed E-state index contributed by atoms with van der Waals surface area (Å²) >= 11 is 0. The van der Waals surface area contributed by atoms with E-state index < -0.39 is 23.2 Å². The lowest BCUT2D eigenvalue weighted by Crippen LogP contribution is -2.41. The molecule has 3 nitrogen and oxygen atoms in total. The lowest BCUT2D eigenvalue weighted by atomic mass is 10.1. The van der Waals surface area contributed by atoms with Crippen molar-refractivity contribution >= 4 is 11.6 Å². The number of hydrogen-bond donors (Lipinski definition) is 2.